The molecular formula is C25H25F3N2O3S. The highest BCUT2D eigenvalue weighted by molar-refractivity contribution is 7.12. The number of thiazole rings is 1. The highest BCUT2D eigenvalue weighted by atomic mass is 32.1. The minimum absolute atomic E-state index is 0.00603. The van der Waals surface area contributed by atoms with Crippen LogP contribution in [0.4, 0.5) is 13.2 Å². The van der Waals surface area contributed by atoms with Gasteiger partial charge in [-0.05, 0) is 54.5 Å². The predicted octanol–water partition coefficient (Wildman–Crippen LogP) is 5.41. The molecule has 2 heterocycles. The first kappa shape index (κ1) is 23.1. The third-order valence-corrected chi connectivity index (χ3v) is 7.76. The van der Waals surface area contributed by atoms with Gasteiger partial charge in [-0.1, -0.05) is 18.2 Å². The van der Waals surface area contributed by atoms with Crippen molar-refractivity contribution >= 4 is 22.9 Å². The summed E-state index contributed by atoms with van der Waals surface area (Å²) in [7, 11) is 0. The van der Waals surface area contributed by atoms with Gasteiger partial charge >= 0.3 is 12.1 Å². The number of hydrogen-bond acceptors (Lipinski definition) is 5. The molecular weight excluding hydrogens is 465 g/mol. The normalized spacial score (nSPS) is 20.1. The first-order valence-corrected chi connectivity index (χ1v) is 12.2. The van der Waals surface area contributed by atoms with Crippen LogP contribution < -0.4 is 4.74 Å². The number of hydrogen-bond donors (Lipinski definition) is 1. The molecule has 180 valence electrons. The molecule has 0 amide bonds. The van der Waals surface area contributed by atoms with E-state index >= 15 is 0 Å². The largest absolute Gasteiger partial charge is 0.478 e. The first-order chi connectivity index (χ1) is 16.2. The van der Waals surface area contributed by atoms with Crippen LogP contribution in [0.5, 0.6) is 5.75 Å². The van der Waals surface area contributed by atoms with Crippen molar-refractivity contribution in [1.29, 1.82) is 0 Å². The summed E-state index contributed by atoms with van der Waals surface area (Å²) in [4.78, 5) is 19.3. The number of rotatable bonds is 6. The number of benzene rings is 1. The maximum Gasteiger partial charge on any atom is 0.412 e. The Kier molecular flexibility index (Phi) is 6.02. The molecule has 1 aliphatic heterocycles. The average Bonchev–Trinajstić information content (AvgIpc) is 3.49. The Labute approximate surface area is 199 Å². The Morgan fingerprint density at radius 1 is 1.12 bits per heavy atom. The van der Waals surface area contributed by atoms with Gasteiger partial charge in [0.25, 0.3) is 0 Å². The van der Waals surface area contributed by atoms with Gasteiger partial charge < -0.3 is 9.84 Å². The topological polar surface area (TPSA) is 62.7 Å². The molecule has 1 saturated carbocycles. The number of carbonyl (C=O) groups is 1. The fraction of sp³-hybridized carbons (Fsp3) is 0.440. The Morgan fingerprint density at radius 3 is 2.53 bits per heavy atom. The molecule has 34 heavy (non-hydrogen) atoms. The van der Waals surface area contributed by atoms with Crippen molar-refractivity contribution in [1.82, 2.24) is 9.88 Å². The van der Waals surface area contributed by atoms with Crippen LogP contribution in [-0.2, 0) is 24.2 Å². The molecule has 0 atom stereocenters. The smallest absolute Gasteiger partial charge is 0.412 e. The molecule has 1 aromatic heterocycles. The van der Waals surface area contributed by atoms with Crippen LogP contribution in [0.3, 0.4) is 0 Å². The number of ether oxygens (including phenoxy) is 1. The standard InChI is InChI=1S/C25H25F3N2O3S/c26-25(27,28)19-4-1-17(2-5-19)22-29-14-21(34-22)15-30-11-7-16-3-6-20(13-18(16)8-12-30)33-24(9-10-24)23(31)32/h1,3-4,6,13-14H,2,5,7-12,15H2,(H,31,32). The van der Waals surface area contributed by atoms with Gasteiger partial charge in [-0.15, -0.1) is 11.3 Å². The van der Waals surface area contributed by atoms with Gasteiger partial charge in [-0.25, -0.2) is 9.78 Å². The van der Waals surface area contributed by atoms with E-state index in [1.807, 2.05) is 24.4 Å². The summed E-state index contributed by atoms with van der Waals surface area (Å²) in [5.41, 5.74) is 1.76. The van der Waals surface area contributed by atoms with E-state index in [2.05, 4.69) is 9.88 Å². The zero-order valence-corrected chi connectivity index (χ0v) is 19.3. The molecule has 1 aromatic carbocycles. The van der Waals surface area contributed by atoms with Gasteiger partial charge in [0, 0.05) is 49.1 Å². The summed E-state index contributed by atoms with van der Waals surface area (Å²) in [5, 5.41) is 10.2. The summed E-state index contributed by atoms with van der Waals surface area (Å²) in [6.07, 6.45) is 3.45. The van der Waals surface area contributed by atoms with Gasteiger partial charge in [0.05, 0.1) is 0 Å². The van der Waals surface area contributed by atoms with E-state index in [-0.39, 0.29) is 6.42 Å². The van der Waals surface area contributed by atoms with Crippen LogP contribution in [0, 0.1) is 0 Å². The predicted molar refractivity (Wildman–Crippen MR) is 123 cm³/mol. The molecule has 0 unspecified atom stereocenters. The third kappa shape index (κ3) is 4.90. The van der Waals surface area contributed by atoms with Crippen molar-refractivity contribution in [3.8, 4) is 5.75 Å². The van der Waals surface area contributed by atoms with Crippen LogP contribution in [0.25, 0.3) is 5.57 Å². The Bertz CT molecular complexity index is 1160. The lowest BCUT2D eigenvalue weighted by atomic mass is 9.98. The maximum atomic E-state index is 12.8. The SMILES string of the molecule is O=C(O)C1(Oc2ccc3c(c2)CCN(Cc2cnc(C4=CC=C(C(F)(F)F)CC4)s2)CC3)CC1. The number of carboxylic acids is 1. The summed E-state index contributed by atoms with van der Waals surface area (Å²) < 4.78 is 44.3. The number of nitrogens with zero attached hydrogens (tertiary/aromatic N) is 2. The van der Waals surface area contributed by atoms with Gasteiger partial charge in [0.15, 0.2) is 0 Å². The highest BCUT2D eigenvalue weighted by Gasteiger charge is 2.53. The van der Waals surface area contributed by atoms with Crippen molar-refractivity contribution in [2.24, 2.45) is 0 Å². The zero-order chi connectivity index (χ0) is 23.9. The maximum absolute atomic E-state index is 12.8. The molecule has 9 heteroatoms. The van der Waals surface area contributed by atoms with Gasteiger partial charge in [0.1, 0.15) is 10.8 Å². The van der Waals surface area contributed by atoms with E-state index in [1.165, 1.54) is 17.2 Å². The lowest BCUT2D eigenvalue weighted by Crippen LogP contribution is -2.29. The number of allylic oxidation sites excluding steroid dienone is 4. The van der Waals surface area contributed by atoms with Crippen LogP contribution in [0.1, 0.15) is 46.7 Å². The minimum Gasteiger partial charge on any atom is -0.478 e. The van der Waals surface area contributed by atoms with E-state index in [1.54, 1.807) is 17.4 Å². The lowest BCUT2D eigenvalue weighted by Gasteiger charge is -2.18. The second-order valence-corrected chi connectivity index (χ2v) is 10.2. The Morgan fingerprint density at radius 2 is 1.88 bits per heavy atom. The summed E-state index contributed by atoms with van der Waals surface area (Å²) >= 11 is 1.54. The molecule has 0 saturated heterocycles. The van der Waals surface area contributed by atoms with Crippen LogP contribution in [0.15, 0.2) is 42.1 Å². The quantitative estimate of drug-likeness (QED) is 0.587. The molecule has 5 nitrogen and oxygen atoms in total. The van der Waals surface area contributed by atoms with E-state index in [4.69, 9.17) is 4.74 Å². The molecule has 1 N–H and O–H groups in total. The number of carboxylic acid groups (broad SMARTS) is 1. The lowest BCUT2D eigenvalue weighted by molar-refractivity contribution is -0.147. The number of halogens is 3. The molecule has 1 fully saturated rings. The Hall–Kier alpha value is -2.65. The van der Waals surface area contributed by atoms with E-state index in [9.17, 15) is 23.1 Å². The molecule has 2 aliphatic carbocycles. The van der Waals surface area contributed by atoms with E-state index in [0.29, 0.717) is 25.0 Å². The number of fused-ring (bicyclic) bond motifs is 1. The molecule has 0 bridgehead atoms. The Balaban J connectivity index is 1.21. The monoisotopic (exact) mass is 490 g/mol. The summed E-state index contributed by atoms with van der Waals surface area (Å²) in [5.74, 6) is -0.291. The first-order valence-electron chi connectivity index (χ1n) is 11.4. The molecule has 5 rings (SSSR count). The summed E-state index contributed by atoms with van der Waals surface area (Å²) in [6, 6.07) is 5.88. The van der Waals surface area contributed by atoms with E-state index < -0.39 is 23.3 Å². The zero-order valence-electron chi connectivity index (χ0n) is 18.5. The van der Waals surface area contributed by atoms with Crippen molar-refractivity contribution in [3.63, 3.8) is 0 Å². The number of aromatic nitrogens is 1. The van der Waals surface area contributed by atoms with Crippen molar-refractivity contribution in [3.05, 3.63) is 63.1 Å². The van der Waals surface area contributed by atoms with Crippen molar-refractivity contribution < 1.29 is 27.8 Å². The van der Waals surface area contributed by atoms with Gasteiger partial charge in [0.2, 0.25) is 5.60 Å². The van der Waals surface area contributed by atoms with Gasteiger partial charge in [-0.3, -0.25) is 4.90 Å². The number of alkyl halides is 3. The van der Waals surface area contributed by atoms with Crippen LogP contribution >= 0.6 is 11.3 Å². The molecule has 0 radical (unpaired) electrons. The van der Waals surface area contributed by atoms with Crippen LogP contribution in [0.2, 0.25) is 0 Å². The second-order valence-electron chi connectivity index (χ2n) is 9.12. The molecule has 3 aliphatic rings. The fourth-order valence-electron chi connectivity index (χ4n) is 4.47. The average molecular weight is 491 g/mol. The fourth-order valence-corrected chi connectivity index (χ4v) is 5.48. The van der Waals surface area contributed by atoms with Crippen molar-refractivity contribution in [2.45, 2.75) is 56.8 Å². The number of aliphatic carboxylic acids is 1. The van der Waals surface area contributed by atoms with Crippen molar-refractivity contribution in [2.75, 3.05) is 13.1 Å². The second kappa shape index (κ2) is 8.85. The minimum atomic E-state index is -4.26. The molecule has 2 aromatic rings. The highest BCUT2D eigenvalue weighted by Crippen LogP contribution is 2.41. The van der Waals surface area contributed by atoms with Gasteiger partial charge in [-0.2, -0.15) is 13.2 Å². The third-order valence-electron chi connectivity index (χ3n) is 6.70. The van der Waals surface area contributed by atoms with E-state index in [0.717, 1.165) is 47.9 Å². The van der Waals surface area contributed by atoms with Crippen LogP contribution in [-0.4, -0.2) is 45.8 Å². The summed E-state index contributed by atoms with van der Waals surface area (Å²) in [6.45, 7) is 2.49. The molecule has 0 spiro atoms.